The summed E-state index contributed by atoms with van der Waals surface area (Å²) in [4.78, 5) is 29.2. The van der Waals surface area contributed by atoms with Gasteiger partial charge in [-0.15, -0.1) is 30.7 Å². The van der Waals surface area contributed by atoms with E-state index in [1.807, 2.05) is 72.8 Å². The minimum atomic E-state index is -3.26. The number of para-hydroxylation sites is 1. The second-order valence-electron chi connectivity index (χ2n) is 14.9. The molecular formula is C58H67B5N15O10S5Y5-10. The fourth-order valence-electron chi connectivity index (χ4n) is 4.23. The van der Waals surface area contributed by atoms with E-state index in [9.17, 15) is 42.1 Å². The number of nitrogens with zero attached hydrogens (tertiary/aromatic N) is 10. The van der Waals surface area contributed by atoms with Gasteiger partial charge in [-0.2, -0.15) is 126 Å². The second kappa shape index (κ2) is 77.3. The first-order valence-corrected chi connectivity index (χ1v) is 32.7. The third kappa shape index (κ3) is 92.1. The summed E-state index contributed by atoms with van der Waals surface area (Å²) in [5.41, 5.74) is 0.468. The summed E-state index contributed by atoms with van der Waals surface area (Å²) in [6.45, 7) is 0. The second-order valence-corrected chi connectivity index (χ2v) is 23.6. The first-order valence-electron chi connectivity index (χ1n) is 23.3. The van der Waals surface area contributed by atoms with Gasteiger partial charge in [0, 0.05) is 229 Å². The van der Waals surface area contributed by atoms with Crippen LogP contribution in [0.15, 0.2) is 214 Å². The Labute approximate surface area is 718 Å². The van der Waals surface area contributed by atoms with E-state index < -0.39 is 50.1 Å². The van der Waals surface area contributed by atoms with Gasteiger partial charge in [0.2, 0.25) is 50.1 Å². The Morgan fingerprint density at radius 3 is 0.867 bits per heavy atom. The smallest absolute Gasteiger partial charge is 0.229 e. The zero-order chi connectivity index (χ0) is 62.8. The van der Waals surface area contributed by atoms with E-state index in [2.05, 4.69) is 135 Å². The molecule has 3 aromatic carbocycles. The Morgan fingerprint density at radius 1 is 0.316 bits per heavy atom. The average molecular weight is 1790 g/mol. The first-order chi connectivity index (χ1) is 40.4. The van der Waals surface area contributed by atoms with Gasteiger partial charge in [-0.3, -0.25) is 38.9 Å². The van der Waals surface area contributed by atoms with Gasteiger partial charge in [0.05, 0.1) is 37.1 Å². The number of benzene rings is 3. The maximum atomic E-state index is 10.7. The molecule has 25 nitrogen and oxygen atoms in total. The SMILES string of the molecule is C.C.C.CS(=O)(=O)Nc1[c-]cccc1.CS(=O)(=O)Nc1[c-]cccn1.CS(=O)(=O)Nc1[c-]cccn1.CS(=O)(=O)Nc1[c-]cccn1.CS(=O)(=O)Nc1[c-]ccnn1.[B].[B].[B].[B].[B].[Y].[Y].[Y].[Y].[Y].[c-]1ccccc1.[c-]1ccccc1.[c-]1cccnc1.[c-]1cnccn1.[c-]1ncccn1. The van der Waals surface area contributed by atoms with Gasteiger partial charge in [-0.25, -0.2) is 103 Å². The Morgan fingerprint density at radius 2 is 0.673 bits per heavy atom. The quantitative estimate of drug-likeness (QED) is 0.0813. The van der Waals surface area contributed by atoms with Gasteiger partial charge in [0.25, 0.3) is 0 Å². The van der Waals surface area contributed by atoms with E-state index in [1.165, 1.54) is 37.1 Å². The Bertz CT molecular complexity index is 3090. The van der Waals surface area contributed by atoms with E-state index in [1.54, 1.807) is 104 Å². The largest absolute Gasteiger partial charge is 0.456 e. The summed E-state index contributed by atoms with van der Waals surface area (Å²) in [5, 5.41) is 6.93. The standard InChI is InChI=1S/C7H8NO2S.3C6H7N2O2S.2C6H5.C5H6N3O2S.C5H4N.2C4H3N2.3CH4.5B.5Y/c1-11(9,10)8-7-5-3-2-4-6-7;3*1-11(9,10)8-6-4-2-3-5-7-6;2*1-2-4-6-5-3-1;1-11(9,10)8-5-3-2-4-6-7-5;1-2-4-6-5-3-1;1-2-6-4-3-5-1;1-2-5-4-6-3-1;;;;;;;;;;;;;/h2-5,8H,1H3;3*2-3,5H,1H3,(H,7,8);2*1-5H;2,4H,1H3,(H,7,8);1-2,4-5H;2*1-3H;3*1H4;;;;;;;;;;/q10*-1;;;;;;;;;;;;;. The Kier molecular flexibility index (Phi) is 97.8. The van der Waals surface area contributed by atoms with E-state index in [0.29, 0.717) is 5.69 Å². The van der Waals surface area contributed by atoms with Crippen LogP contribution in [0.2, 0.25) is 0 Å². The van der Waals surface area contributed by atoms with Crippen LogP contribution in [0.5, 0.6) is 0 Å². The summed E-state index contributed by atoms with van der Waals surface area (Å²) in [6, 6.07) is 64.3. The molecule has 504 valence electrons. The number of rotatable bonds is 10. The summed E-state index contributed by atoms with van der Waals surface area (Å²) in [5.74, 6) is 0.759. The van der Waals surface area contributed by atoms with Gasteiger partial charge in [0.15, 0.2) is 0 Å². The van der Waals surface area contributed by atoms with E-state index in [-0.39, 0.29) is 251 Å². The first kappa shape index (κ1) is 124. The van der Waals surface area contributed by atoms with Crippen molar-refractivity contribution in [3.05, 3.63) is 275 Å². The molecule has 0 atom stereocenters. The van der Waals surface area contributed by atoms with Crippen LogP contribution < -0.4 is 23.6 Å². The predicted octanol–water partition coefficient (Wildman–Crippen LogP) is 5.67. The molecule has 0 fully saturated rings. The number of anilines is 5. The molecule has 20 radical (unpaired) electrons. The van der Waals surface area contributed by atoms with Gasteiger partial charge >= 0.3 is 0 Å². The van der Waals surface area contributed by atoms with Crippen molar-refractivity contribution in [2.24, 2.45) is 0 Å². The van der Waals surface area contributed by atoms with E-state index in [4.69, 9.17) is 0 Å². The van der Waals surface area contributed by atoms with Crippen molar-refractivity contribution >= 4 is 121 Å². The van der Waals surface area contributed by atoms with Crippen LogP contribution in [-0.2, 0) is 214 Å². The van der Waals surface area contributed by atoms with E-state index >= 15 is 0 Å². The van der Waals surface area contributed by atoms with Crippen LogP contribution >= 0.6 is 0 Å². The number of sulfonamides is 5. The summed E-state index contributed by atoms with van der Waals surface area (Å²) >= 11 is 0. The zero-order valence-corrected chi connectivity index (χ0v) is 69.9. The molecule has 0 bridgehead atoms. The number of hydrogen-bond donors (Lipinski definition) is 5. The van der Waals surface area contributed by atoms with E-state index in [0.717, 1.165) is 31.3 Å². The van der Waals surface area contributed by atoms with Crippen LogP contribution in [0, 0.1) is 61.1 Å². The third-order valence-corrected chi connectivity index (χ3v) is 9.92. The van der Waals surface area contributed by atoms with Crippen molar-refractivity contribution in [1.29, 1.82) is 0 Å². The zero-order valence-electron chi connectivity index (χ0n) is 51.6. The molecule has 40 heteroatoms. The molecule has 0 saturated heterocycles. The van der Waals surface area contributed by atoms with Gasteiger partial charge in [-0.05, 0) is 12.4 Å². The van der Waals surface area contributed by atoms with Gasteiger partial charge in [-0.1, -0.05) is 71.3 Å². The topological polar surface area (TPSA) is 360 Å². The van der Waals surface area contributed by atoms with Gasteiger partial charge < -0.3 is 29.6 Å². The molecule has 0 aliphatic heterocycles. The number of aromatic nitrogens is 10. The average Bonchev–Trinajstić information content (AvgIpc) is 1.88. The molecule has 10 rings (SSSR count). The molecule has 0 unspecified atom stereocenters. The van der Waals surface area contributed by atoms with Crippen molar-refractivity contribution in [3.8, 4) is 0 Å². The van der Waals surface area contributed by atoms with Crippen molar-refractivity contribution in [1.82, 2.24) is 50.1 Å². The summed E-state index contributed by atoms with van der Waals surface area (Å²) in [6.07, 6.45) is 27.5. The minimum Gasteiger partial charge on any atom is -0.456 e. The van der Waals surface area contributed by atoms with Crippen LogP contribution in [0.1, 0.15) is 22.3 Å². The molecule has 7 aromatic heterocycles. The molecule has 98 heavy (non-hydrogen) atoms. The van der Waals surface area contributed by atoms with Crippen molar-refractivity contribution < 1.29 is 206 Å². The number of hydrogen-bond acceptors (Lipinski definition) is 20. The molecule has 10 aromatic rings. The van der Waals surface area contributed by atoms with Crippen molar-refractivity contribution in [3.63, 3.8) is 0 Å². The predicted molar refractivity (Wildman–Crippen MR) is 372 cm³/mol. The third-order valence-electron chi connectivity index (χ3n) is 7.07. The van der Waals surface area contributed by atoms with Gasteiger partial charge in [0.1, 0.15) is 0 Å². The molecule has 0 spiro atoms. The van der Waals surface area contributed by atoms with Crippen molar-refractivity contribution in [2.45, 2.75) is 22.3 Å². The maximum Gasteiger partial charge on any atom is 0.229 e. The summed E-state index contributed by atoms with van der Waals surface area (Å²) < 4.78 is 117. The van der Waals surface area contributed by atoms with Crippen LogP contribution in [0.3, 0.4) is 0 Å². The molecule has 0 aliphatic rings. The number of nitrogens with one attached hydrogen (secondary N) is 5. The van der Waals surface area contributed by atoms with Crippen LogP contribution in [0.25, 0.3) is 0 Å². The van der Waals surface area contributed by atoms with Crippen LogP contribution in [0.4, 0.5) is 29.0 Å². The summed E-state index contributed by atoms with van der Waals surface area (Å²) in [7, 11) is -16.1. The molecule has 5 N–H and O–H groups in total. The van der Waals surface area contributed by atoms with Crippen LogP contribution in [-0.4, -0.2) is 166 Å². The Hall–Kier alpha value is -3.91. The minimum absolute atomic E-state index is 0. The number of pyridine rings is 4. The fourth-order valence-corrected chi connectivity index (χ4v) is 6.60. The molecule has 0 amide bonds. The molecule has 0 aliphatic carbocycles. The maximum absolute atomic E-state index is 10.7. The van der Waals surface area contributed by atoms with Crippen molar-refractivity contribution in [2.75, 3.05) is 54.9 Å². The normalized spacial score (nSPS) is 8.62. The fraction of sp³-hybridized carbons (Fsp3) is 0.138. The Balaban J connectivity index is -0.0000000740. The monoisotopic (exact) mass is 1790 g/mol. The molecule has 7 heterocycles. The molecule has 0 saturated carbocycles. The molecular weight excluding hydrogens is 1730 g/mol.